The van der Waals surface area contributed by atoms with Crippen LogP contribution in [0.2, 0.25) is 0 Å². The maximum atomic E-state index is 8.72. The number of oxime groups is 1. The molecule has 0 aromatic carbocycles. The Kier molecular flexibility index (Phi) is 4.21. The fraction of sp³-hybridized carbons (Fsp3) is 0.538. The Morgan fingerprint density at radius 2 is 2.37 bits per heavy atom. The van der Waals surface area contributed by atoms with E-state index < -0.39 is 0 Å². The van der Waals surface area contributed by atoms with Crippen molar-refractivity contribution in [3.05, 3.63) is 23.9 Å². The monoisotopic (exact) mass is 263 g/mol. The molecular weight excluding hydrogens is 242 g/mol. The van der Waals surface area contributed by atoms with Crippen LogP contribution in [0.3, 0.4) is 0 Å². The molecule has 1 aromatic rings. The highest BCUT2D eigenvalue weighted by molar-refractivity contribution is 5.97. The van der Waals surface area contributed by atoms with E-state index in [1.54, 1.807) is 12.3 Å². The lowest BCUT2D eigenvalue weighted by Crippen LogP contribution is -2.52. The van der Waals surface area contributed by atoms with Gasteiger partial charge in [0.2, 0.25) is 0 Å². The second kappa shape index (κ2) is 5.88. The lowest BCUT2D eigenvalue weighted by atomic mass is 10.1. The molecule has 1 fully saturated rings. The van der Waals surface area contributed by atoms with Gasteiger partial charge in [-0.1, -0.05) is 12.1 Å². The number of nitrogens with two attached hydrogens (primary N) is 1. The molecule has 104 valence electrons. The number of nitrogens with zero attached hydrogens (tertiary/aromatic N) is 4. The number of hydrogen-bond donors (Lipinski definition) is 2. The van der Waals surface area contributed by atoms with Gasteiger partial charge in [-0.15, -0.1) is 0 Å². The summed E-state index contributed by atoms with van der Waals surface area (Å²) in [5.74, 6) is 0.996. The van der Waals surface area contributed by atoms with Crippen LogP contribution in [-0.4, -0.2) is 53.1 Å². The molecule has 1 atom stereocenters. The topological polar surface area (TPSA) is 78.0 Å². The average Bonchev–Trinajstić information content (AvgIpc) is 2.46. The molecule has 0 radical (unpaired) electrons. The third kappa shape index (κ3) is 2.96. The van der Waals surface area contributed by atoms with Crippen LogP contribution in [0.25, 0.3) is 0 Å². The van der Waals surface area contributed by atoms with E-state index >= 15 is 0 Å². The van der Waals surface area contributed by atoms with Gasteiger partial charge in [0.25, 0.3) is 0 Å². The average molecular weight is 263 g/mol. The Morgan fingerprint density at radius 1 is 1.58 bits per heavy atom. The predicted octanol–water partition coefficient (Wildman–Crippen LogP) is 0.707. The second-order valence-electron chi connectivity index (χ2n) is 4.81. The summed E-state index contributed by atoms with van der Waals surface area (Å²) in [5.41, 5.74) is 6.30. The quantitative estimate of drug-likeness (QED) is 0.363. The van der Waals surface area contributed by atoms with Crippen LogP contribution in [0.5, 0.6) is 0 Å². The van der Waals surface area contributed by atoms with Crippen molar-refractivity contribution in [2.75, 3.05) is 31.1 Å². The number of rotatable bonds is 3. The maximum Gasteiger partial charge on any atom is 0.170 e. The molecule has 2 heterocycles. The Morgan fingerprint density at radius 3 is 3.00 bits per heavy atom. The van der Waals surface area contributed by atoms with E-state index in [0.29, 0.717) is 11.6 Å². The molecule has 19 heavy (non-hydrogen) atoms. The van der Waals surface area contributed by atoms with Crippen LogP contribution in [0.4, 0.5) is 5.82 Å². The highest BCUT2D eigenvalue weighted by atomic mass is 16.4. The van der Waals surface area contributed by atoms with Gasteiger partial charge in [-0.3, -0.25) is 4.90 Å². The second-order valence-corrected chi connectivity index (χ2v) is 4.81. The van der Waals surface area contributed by atoms with Crippen molar-refractivity contribution in [2.24, 2.45) is 10.9 Å². The number of aromatic nitrogens is 1. The zero-order valence-electron chi connectivity index (χ0n) is 11.5. The molecule has 0 aliphatic carbocycles. The Hall–Kier alpha value is -1.82. The first-order chi connectivity index (χ1) is 9.15. The molecule has 1 saturated heterocycles. The first-order valence-electron chi connectivity index (χ1n) is 6.58. The molecular formula is C13H21N5O. The number of anilines is 1. The Balaban J connectivity index is 2.15. The largest absolute Gasteiger partial charge is 0.409 e. The highest BCUT2D eigenvalue weighted by Crippen LogP contribution is 2.17. The normalized spacial score (nSPS) is 21.7. The summed E-state index contributed by atoms with van der Waals surface area (Å²) >= 11 is 0. The van der Waals surface area contributed by atoms with Crippen molar-refractivity contribution >= 4 is 11.7 Å². The minimum atomic E-state index is 0.115. The van der Waals surface area contributed by atoms with E-state index in [-0.39, 0.29) is 5.84 Å². The molecule has 1 unspecified atom stereocenters. The van der Waals surface area contributed by atoms with Gasteiger partial charge in [0, 0.05) is 37.4 Å². The third-order valence-corrected chi connectivity index (χ3v) is 3.64. The van der Waals surface area contributed by atoms with Gasteiger partial charge >= 0.3 is 0 Å². The molecule has 0 amide bonds. The summed E-state index contributed by atoms with van der Waals surface area (Å²) in [6.45, 7) is 8.41. The van der Waals surface area contributed by atoms with E-state index in [0.717, 1.165) is 32.0 Å². The molecule has 1 aliphatic rings. The molecule has 0 spiro atoms. The van der Waals surface area contributed by atoms with Crippen molar-refractivity contribution < 1.29 is 5.21 Å². The van der Waals surface area contributed by atoms with Crippen LogP contribution in [0.1, 0.15) is 19.4 Å². The predicted molar refractivity (Wildman–Crippen MR) is 75.7 cm³/mol. The number of likely N-dealkylation sites (N-methyl/N-ethyl adjacent to an activating group) is 1. The van der Waals surface area contributed by atoms with E-state index in [2.05, 4.69) is 33.8 Å². The number of pyridine rings is 1. The Bertz CT molecular complexity index is 462. The number of amidine groups is 1. The summed E-state index contributed by atoms with van der Waals surface area (Å²) in [4.78, 5) is 9.07. The zero-order chi connectivity index (χ0) is 13.8. The fourth-order valence-electron chi connectivity index (χ4n) is 2.48. The summed E-state index contributed by atoms with van der Waals surface area (Å²) in [6, 6.07) is 4.11. The van der Waals surface area contributed by atoms with Crippen molar-refractivity contribution in [3.63, 3.8) is 0 Å². The number of piperazine rings is 1. The minimum absolute atomic E-state index is 0.115. The standard InChI is InChI=1S/C13H21N5O/c1-3-17-6-7-18(9-10(17)2)12-8-11(4-5-15-12)13(14)16-19/h4-5,8,10,19H,3,6-7,9H2,1-2H3,(H2,14,16). The van der Waals surface area contributed by atoms with Gasteiger partial charge in [-0.25, -0.2) is 4.98 Å². The fourth-order valence-corrected chi connectivity index (χ4v) is 2.48. The highest BCUT2D eigenvalue weighted by Gasteiger charge is 2.23. The summed E-state index contributed by atoms with van der Waals surface area (Å²) in [7, 11) is 0. The van der Waals surface area contributed by atoms with Gasteiger partial charge in [0.1, 0.15) is 5.82 Å². The van der Waals surface area contributed by atoms with Gasteiger partial charge in [-0.2, -0.15) is 0 Å². The molecule has 3 N–H and O–H groups in total. The van der Waals surface area contributed by atoms with E-state index in [4.69, 9.17) is 10.9 Å². The lowest BCUT2D eigenvalue weighted by Gasteiger charge is -2.40. The molecule has 6 nitrogen and oxygen atoms in total. The molecule has 2 rings (SSSR count). The zero-order valence-corrected chi connectivity index (χ0v) is 11.5. The van der Waals surface area contributed by atoms with Crippen molar-refractivity contribution in [2.45, 2.75) is 19.9 Å². The van der Waals surface area contributed by atoms with Crippen LogP contribution >= 0.6 is 0 Å². The molecule has 6 heteroatoms. The maximum absolute atomic E-state index is 8.72. The minimum Gasteiger partial charge on any atom is -0.409 e. The van der Waals surface area contributed by atoms with Crippen LogP contribution in [0.15, 0.2) is 23.5 Å². The van der Waals surface area contributed by atoms with Gasteiger partial charge < -0.3 is 15.8 Å². The van der Waals surface area contributed by atoms with Gasteiger partial charge in [-0.05, 0) is 25.6 Å². The lowest BCUT2D eigenvalue weighted by molar-refractivity contribution is 0.199. The smallest absolute Gasteiger partial charge is 0.170 e. The van der Waals surface area contributed by atoms with Gasteiger partial charge in [0.05, 0.1) is 0 Å². The molecule has 1 aliphatic heterocycles. The van der Waals surface area contributed by atoms with Crippen LogP contribution < -0.4 is 10.6 Å². The molecule has 1 aromatic heterocycles. The number of hydrogen-bond acceptors (Lipinski definition) is 5. The van der Waals surface area contributed by atoms with E-state index in [9.17, 15) is 0 Å². The van der Waals surface area contributed by atoms with Crippen molar-refractivity contribution in [1.29, 1.82) is 0 Å². The van der Waals surface area contributed by atoms with E-state index in [1.165, 1.54) is 0 Å². The summed E-state index contributed by atoms with van der Waals surface area (Å²) < 4.78 is 0. The molecule has 0 saturated carbocycles. The van der Waals surface area contributed by atoms with E-state index in [1.807, 2.05) is 6.07 Å². The summed E-state index contributed by atoms with van der Waals surface area (Å²) in [5, 5.41) is 11.7. The van der Waals surface area contributed by atoms with Crippen molar-refractivity contribution in [1.82, 2.24) is 9.88 Å². The Labute approximate surface area is 113 Å². The third-order valence-electron chi connectivity index (χ3n) is 3.64. The van der Waals surface area contributed by atoms with Crippen LogP contribution in [0, 0.1) is 0 Å². The molecule has 0 bridgehead atoms. The first kappa shape index (κ1) is 13.6. The van der Waals surface area contributed by atoms with Crippen molar-refractivity contribution in [3.8, 4) is 0 Å². The van der Waals surface area contributed by atoms with Crippen LogP contribution in [-0.2, 0) is 0 Å². The van der Waals surface area contributed by atoms with Gasteiger partial charge in [0.15, 0.2) is 5.84 Å². The first-order valence-corrected chi connectivity index (χ1v) is 6.58. The SMILES string of the molecule is CCN1CCN(c2cc(C(N)=NO)ccn2)CC1C. The summed E-state index contributed by atoms with van der Waals surface area (Å²) in [6.07, 6.45) is 1.69.